The Labute approximate surface area is 100 Å². The van der Waals surface area contributed by atoms with E-state index in [1.54, 1.807) is 11.8 Å². The van der Waals surface area contributed by atoms with Gasteiger partial charge in [-0.3, -0.25) is 4.79 Å². The van der Waals surface area contributed by atoms with E-state index in [0.717, 1.165) is 12.2 Å². The van der Waals surface area contributed by atoms with Crippen molar-refractivity contribution >= 4 is 23.6 Å². The average Bonchev–Trinajstić information content (AvgIpc) is 2.24. The van der Waals surface area contributed by atoms with Crippen molar-refractivity contribution in [2.45, 2.75) is 31.7 Å². The zero-order chi connectivity index (χ0) is 12.4. The summed E-state index contributed by atoms with van der Waals surface area (Å²) in [5.41, 5.74) is 5.30. The first-order chi connectivity index (χ1) is 7.61. The Morgan fingerprint density at radius 1 is 1.44 bits per heavy atom. The molecule has 1 atom stereocenters. The number of unbranched alkanes of at least 4 members (excludes halogenated alkanes) is 1. The first kappa shape index (κ1) is 15.2. The lowest BCUT2D eigenvalue weighted by molar-refractivity contribution is -0.141. The monoisotopic (exact) mass is 248 g/mol. The standard InChI is InChI=1S/C10H20N2O3S/c1-16-7-5-8(10(14)15)12-9(13)4-2-3-6-11/h8H,2-7,11H2,1H3,(H,12,13)(H,14,15)/t8-/m0/s1. The number of hydrogen-bond donors (Lipinski definition) is 3. The molecule has 6 heteroatoms. The maximum Gasteiger partial charge on any atom is 0.326 e. The Hall–Kier alpha value is -0.750. The third-order valence-corrected chi connectivity index (χ3v) is 2.75. The number of thioether (sulfide) groups is 1. The molecular formula is C10H20N2O3S. The first-order valence-corrected chi connectivity index (χ1v) is 6.72. The molecule has 4 N–H and O–H groups in total. The molecule has 0 saturated carbocycles. The van der Waals surface area contributed by atoms with Crippen molar-refractivity contribution in [2.24, 2.45) is 5.73 Å². The molecule has 0 radical (unpaired) electrons. The lowest BCUT2D eigenvalue weighted by atomic mass is 10.2. The molecule has 0 aliphatic heterocycles. The number of carboxylic acid groups (broad SMARTS) is 1. The smallest absolute Gasteiger partial charge is 0.326 e. The summed E-state index contributed by atoms with van der Waals surface area (Å²) in [4.78, 5) is 22.2. The molecule has 0 aliphatic carbocycles. The van der Waals surface area contributed by atoms with Gasteiger partial charge < -0.3 is 16.2 Å². The molecule has 94 valence electrons. The summed E-state index contributed by atoms with van der Waals surface area (Å²) in [5, 5.41) is 11.4. The quantitative estimate of drug-likeness (QED) is 0.515. The van der Waals surface area contributed by atoms with Gasteiger partial charge >= 0.3 is 5.97 Å². The highest BCUT2D eigenvalue weighted by molar-refractivity contribution is 7.98. The highest BCUT2D eigenvalue weighted by atomic mass is 32.2. The van der Waals surface area contributed by atoms with Crippen molar-refractivity contribution < 1.29 is 14.7 Å². The molecule has 0 saturated heterocycles. The number of carboxylic acids is 1. The van der Waals surface area contributed by atoms with E-state index in [1.807, 2.05) is 6.26 Å². The topological polar surface area (TPSA) is 92.4 Å². The van der Waals surface area contributed by atoms with Crippen LogP contribution in [-0.2, 0) is 9.59 Å². The fourth-order valence-electron chi connectivity index (χ4n) is 1.19. The van der Waals surface area contributed by atoms with Crippen LogP contribution in [0.15, 0.2) is 0 Å². The van der Waals surface area contributed by atoms with E-state index in [9.17, 15) is 9.59 Å². The predicted octanol–water partition coefficient (Wildman–Crippen LogP) is 0.438. The average molecular weight is 248 g/mol. The van der Waals surface area contributed by atoms with Gasteiger partial charge in [-0.15, -0.1) is 0 Å². The van der Waals surface area contributed by atoms with Crippen molar-refractivity contribution in [2.75, 3.05) is 18.6 Å². The first-order valence-electron chi connectivity index (χ1n) is 5.33. The number of nitrogens with one attached hydrogen (secondary N) is 1. The number of carbonyl (C=O) groups is 2. The lowest BCUT2D eigenvalue weighted by Crippen LogP contribution is -2.41. The summed E-state index contributed by atoms with van der Waals surface area (Å²) in [6.07, 6.45) is 4.20. The molecular weight excluding hydrogens is 228 g/mol. The summed E-state index contributed by atoms with van der Waals surface area (Å²) >= 11 is 1.56. The van der Waals surface area contributed by atoms with Gasteiger partial charge in [0, 0.05) is 6.42 Å². The van der Waals surface area contributed by atoms with Crippen LogP contribution in [0.4, 0.5) is 0 Å². The molecule has 0 unspecified atom stereocenters. The Bertz CT molecular complexity index is 224. The molecule has 0 aliphatic rings. The summed E-state index contributed by atoms with van der Waals surface area (Å²) in [7, 11) is 0. The molecule has 16 heavy (non-hydrogen) atoms. The van der Waals surface area contributed by atoms with Crippen LogP contribution in [0.3, 0.4) is 0 Å². The molecule has 0 bridgehead atoms. The number of amides is 1. The third kappa shape index (κ3) is 7.53. The molecule has 0 aromatic carbocycles. The van der Waals surface area contributed by atoms with E-state index in [4.69, 9.17) is 10.8 Å². The van der Waals surface area contributed by atoms with E-state index >= 15 is 0 Å². The van der Waals surface area contributed by atoms with E-state index in [2.05, 4.69) is 5.32 Å². The minimum Gasteiger partial charge on any atom is -0.480 e. The summed E-state index contributed by atoms with van der Waals surface area (Å²) in [6, 6.07) is -0.766. The highest BCUT2D eigenvalue weighted by Gasteiger charge is 2.18. The molecule has 0 heterocycles. The zero-order valence-electron chi connectivity index (χ0n) is 9.57. The van der Waals surface area contributed by atoms with Gasteiger partial charge in [0.05, 0.1) is 0 Å². The van der Waals surface area contributed by atoms with Crippen LogP contribution in [0.5, 0.6) is 0 Å². The van der Waals surface area contributed by atoms with Gasteiger partial charge in [-0.1, -0.05) is 0 Å². The van der Waals surface area contributed by atoms with Gasteiger partial charge in [-0.05, 0) is 37.8 Å². The maximum atomic E-state index is 11.4. The van der Waals surface area contributed by atoms with E-state index in [0.29, 0.717) is 25.8 Å². The fraction of sp³-hybridized carbons (Fsp3) is 0.800. The molecule has 0 aromatic heterocycles. The van der Waals surface area contributed by atoms with Crippen LogP contribution in [0, 0.1) is 0 Å². The van der Waals surface area contributed by atoms with Crippen molar-refractivity contribution in [3.05, 3.63) is 0 Å². The van der Waals surface area contributed by atoms with Gasteiger partial charge in [-0.2, -0.15) is 11.8 Å². The largest absolute Gasteiger partial charge is 0.480 e. The van der Waals surface area contributed by atoms with Crippen LogP contribution >= 0.6 is 11.8 Å². The second-order valence-corrected chi connectivity index (χ2v) is 4.47. The molecule has 0 spiro atoms. The van der Waals surface area contributed by atoms with E-state index in [-0.39, 0.29) is 5.91 Å². The second-order valence-electron chi connectivity index (χ2n) is 3.49. The number of rotatable bonds is 9. The normalized spacial score (nSPS) is 12.1. The summed E-state index contributed by atoms with van der Waals surface area (Å²) in [5.74, 6) is -0.455. The number of aliphatic carboxylic acids is 1. The predicted molar refractivity (Wildman–Crippen MR) is 65.5 cm³/mol. The highest BCUT2D eigenvalue weighted by Crippen LogP contribution is 2.02. The Kier molecular flexibility index (Phi) is 9.03. The van der Waals surface area contributed by atoms with Gasteiger partial charge in [0.15, 0.2) is 0 Å². The maximum absolute atomic E-state index is 11.4. The van der Waals surface area contributed by atoms with Gasteiger partial charge in [-0.25, -0.2) is 4.79 Å². The molecule has 0 aromatic rings. The Morgan fingerprint density at radius 3 is 2.62 bits per heavy atom. The van der Waals surface area contributed by atoms with Crippen LogP contribution in [0.2, 0.25) is 0 Å². The number of hydrogen-bond acceptors (Lipinski definition) is 4. The zero-order valence-corrected chi connectivity index (χ0v) is 10.4. The lowest BCUT2D eigenvalue weighted by Gasteiger charge is -2.13. The van der Waals surface area contributed by atoms with E-state index in [1.165, 1.54) is 0 Å². The Morgan fingerprint density at radius 2 is 2.12 bits per heavy atom. The number of carbonyl (C=O) groups excluding carboxylic acids is 1. The number of nitrogens with two attached hydrogens (primary N) is 1. The van der Waals surface area contributed by atoms with Crippen molar-refractivity contribution in [3.63, 3.8) is 0 Å². The molecule has 0 fully saturated rings. The molecule has 0 rings (SSSR count). The third-order valence-electron chi connectivity index (χ3n) is 2.10. The summed E-state index contributed by atoms with van der Waals surface area (Å²) in [6.45, 7) is 0.558. The van der Waals surface area contributed by atoms with Crippen LogP contribution in [0.25, 0.3) is 0 Å². The van der Waals surface area contributed by atoms with Crippen LogP contribution < -0.4 is 11.1 Å². The Balaban J connectivity index is 3.88. The van der Waals surface area contributed by atoms with Gasteiger partial charge in [0.2, 0.25) is 5.91 Å². The van der Waals surface area contributed by atoms with Crippen molar-refractivity contribution in [1.82, 2.24) is 5.32 Å². The van der Waals surface area contributed by atoms with Gasteiger partial charge in [0.25, 0.3) is 0 Å². The van der Waals surface area contributed by atoms with Crippen LogP contribution in [0.1, 0.15) is 25.7 Å². The van der Waals surface area contributed by atoms with E-state index < -0.39 is 12.0 Å². The SMILES string of the molecule is CSCC[C@H](NC(=O)CCCCN)C(=O)O. The van der Waals surface area contributed by atoms with Crippen molar-refractivity contribution in [1.29, 1.82) is 0 Å². The summed E-state index contributed by atoms with van der Waals surface area (Å²) < 4.78 is 0. The van der Waals surface area contributed by atoms with Crippen LogP contribution in [-0.4, -0.2) is 41.6 Å². The second kappa shape index (κ2) is 9.47. The minimum atomic E-state index is -0.971. The molecule has 5 nitrogen and oxygen atoms in total. The van der Waals surface area contributed by atoms with Gasteiger partial charge in [0.1, 0.15) is 6.04 Å². The van der Waals surface area contributed by atoms with Crippen molar-refractivity contribution in [3.8, 4) is 0 Å². The minimum absolute atomic E-state index is 0.207. The fourth-order valence-corrected chi connectivity index (χ4v) is 1.66. The molecule has 1 amide bonds.